The molecule has 0 atom stereocenters. The molecule has 152 valence electrons. The molecule has 1 amide bonds. The van der Waals surface area contributed by atoms with Crippen LogP contribution in [0.3, 0.4) is 0 Å². The van der Waals surface area contributed by atoms with Crippen molar-refractivity contribution in [3.8, 4) is 17.1 Å². The van der Waals surface area contributed by atoms with E-state index in [4.69, 9.17) is 32.9 Å². The molecule has 0 fully saturated rings. The normalized spacial score (nSPS) is 10.9. The van der Waals surface area contributed by atoms with Crippen molar-refractivity contribution >= 4 is 45.8 Å². The van der Waals surface area contributed by atoms with Crippen LogP contribution >= 0.6 is 23.2 Å². The second-order valence-electron chi connectivity index (χ2n) is 6.64. The standard InChI is InChI=1S/C23H19Cl2N3O2/c1-2-30-17-10-8-16(9-11-17)26-22(29)14-28-21-6-4-3-5-20(21)27-23(28)18-12-7-15(24)13-19(18)25/h3-13H,2,14H2,1H3,(H,26,29). The molecule has 1 aromatic heterocycles. The SMILES string of the molecule is CCOc1ccc(NC(=O)Cn2c(-c3ccc(Cl)cc3Cl)nc3ccccc32)cc1. The average molecular weight is 440 g/mol. The van der Waals surface area contributed by atoms with E-state index in [0.29, 0.717) is 33.7 Å². The second kappa shape index (κ2) is 8.78. The van der Waals surface area contributed by atoms with Crippen LogP contribution in [0.15, 0.2) is 66.7 Å². The Bertz CT molecular complexity index is 1200. The number of imidazole rings is 1. The number of anilines is 1. The minimum atomic E-state index is -0.173. The van der Waals surface area contributed by atoms with Crippen molar-refractivity contribution in [2.24, 2.45) is 0 Å². The van der Waals surface area contributed by atoms with Gasteiger partial charge >= 0.3 is 0 Å². The number of amides is 1. The number of carbonyl (C=O) groups is 1. The molecular formula is C23H19Cl2N3O2. The molecule has 0 radical (unpaired) electrons. The zero-order valence-electron chi connectivity index (χ0n) is 16.2. The van der Waals surface area contributed by atoms with Crippen LogP contribution in [-0.4, -0.2) is 22.1 Å². The van der Waals surface area contributed by atoms with Crippen molar-refractivity contribution in [2.45, 2.75) is 13.5 Å². The Kier molecular flexibility index (Phi) is 5.93. The number of benzene rings is 3. The maximum Gasteiger partial charge on any atom is 0.244 e. The van der Waals surface area contributed by atoms with Gasteiger partial charge in [0.25, 0.3) is 0 Å². The van der Waals surface area contributed by atoms with Gasteiger partial charge in [-0.2, -0.15) is 0 Å². The molecule has 3 aromatic carbocycles. The lowest BCUT2D eigenvalue weighted by Gasteiger charge is -2.12. The van der Waals surface area contributed by atoms with Crippen LogP contribution in [0.25, 0.3) is 22.4 Å². The number of ether oxygens (including phenoxy) is 1. The fourth-order valence-corrected chi connectivity index (χ4v) is 3.75. The lowest BCUT2D eigenvalue weighted by molar-refractivity contribution is -0.116. The number of nitrogens with one attached hydrogen (secondary N) is 1. The third kappa shape index (κ3) is 4.27. The third-order valence-electron chi connectivity index (χ3n) is 4.58. The summed E-state index contributed by atoms with van der Waals surface area (Å²) in [6.45, 7) is 2.60. The molecule has 0 bridgehead atoms. The number of hydrogen-bond donors (Lipinski definition) is 1. The van der Waals surface area contributed by atoms with Crippen LogP contribution in [0, 0.1) is 0 Å². The highest BCUT2D eigenvalue weighted by atomic mass is 35.5. The lowest BCUT2D eigenvalue weighted by Crippen LogP contribution is -2.19. The molecule has 0 aliphatic rings. The van der Waals surface area contributed by atoms with Gasteiger partial charge in [-0.25, -0.2) is 4.98 Å². The Balaban J connectivity index is 1.65. The van der Waals surface area contributed by atoms with Crippen molar-refractivity contribution in [3.05, 3.63) is 76.8 Å². The molecule has 0 saturated carbocycles. The molecule has 0 saturated heterocycles. The summed E-state index contributed by atoms with van der Waals surface area (Å²) in [6, 6.07) is 20.2. The first-order valence-electron chi connectivity index (χ1n) is 9.48. The maximum absolute atomic E-state index is 12.8. The molecular weight excluding hydrogens is 421 g/mol. The maximum atomic E-state index is 12.8. The smallest absolute Gasteiger partial charge is 0.244 e. The first-order chi connectivity index (χ1) is 14.5. The molecule has 4 rings (SSSR count). The van der Waals surface area contributed by atoms with E-state index in [9.17, 15) is 4.79 Å². The summed E-state index contributed by atoms with van der Waals surface area (Å²) in [5.74, 6) is 1.20. The van der Waals surface area contributed by atoms with E-state index >= 15 is 0 Å². The summed E-state index contributed by atoms with van der Waals surface area (Å²) in [7, 11) is 0. The number of fused-ring (bicyclic) bond motifs is 1. The Morgan fingerprint density at radius 2 is 1.83 bits per heavy atom. The average Bonchev–Trinajstić information content (AvgIpc) is 3.08. The number of aromatic nitrogens is 2. The monoisotopic (exact) mass is 439 g/mol. The van der Waals surface area contributed by atoms with Crippen LogP contribution in [0.2, 0.25) is 10.0 Å². The van der Waals surface area contributed by atoms with Crippen molar-refractivity contribution < 1.29 is 9.53 Å². The molecule has 7 heteroatoms. The minimum absolute atomic E-state index is 0.0853. The van der Waals surface area contributed by atoms with E-state index in [1.807, 2.05) is 66.1 Å². The Hall–Kier alpha value is -3.02. The zero-order chi connectivity index (χ0) is 21.1. The first kappa shape index (κ1) is 20.3. The van der Waals surface area contributed by atoms with Gasteiger partial charge in [-0.05, 0) is 61.5 Å². The van der Waals surface area contributed by atoms with Crippen LogP contribution in [0.5, 0.6) is 5.75 Å². The fourth-order valence-electron chi connectivity index (χ4n) is 3.26. The summed E-state index contributed by atoms with van der Waals surface area (Å²) in [4.78, 5) is 17.5. The summed E-state index contributed by atoms with van der Waals surface area (Å²) in [6.07, 6.45) is 0. The number of nitrogens with zero attached hydrogens (tertiary/aromatic N) is 2. The van der Waals surface area contributed by atoms with Gasteiger partial charge in [0, 0.05) is 16.3 Å². The van der Waals surface area contributed by atoms with Crippen LogP contribution in [0.4, 0.5) is 5.69 Å². The molecule has 0 spiro atoms. The van der Waals surface area contributed by atoms with Crippen LogP contribution in [0.1, 0.15) is 6.92 Å². The Morgan fingerprint density at radius 3 is 2.57 bits per heavy atom. The van der Waals surface area contributed by atoms with E-state index in [1.165, 1.54) is 0 Å². The van der Waals surface area contributed by atoms with E-state index in [-0.39, 0.29) is 12.5 Å². The Labute approximate surface area is 184 Å². The highest BCUT2D eigenvalue weighted by Gasteiger charge is 2.17. The minimum Gasteiger partial charge on any atom is -0.494 e. The molecule has 1 N–H and O–H groups in total. The van der Waals surface area contributed by atoms with Gasteiger partial charge in [-0.3, -0.25) is 4.79 Å². The number of rotatable bonds is 6. The molecule has 0 aliphatic heterocycles. The van der Waals surface area contributed by atoms with Gasteiger partial charge in [0.2, 0.25) is 5.91 Å². The lowest BCUT2D eigenvalue weighted by atomic mass is 10.2. The van der Waals surface area contributed by atoms with E-state index in [2.05, 4.69) is 5.32 Å². The van der Waals surface area contributed by atoms with Crippen LogP contribution < -0.4 is 10.1 Å². The highest BCUT2D eigenvalue weighted by Crippen LogP contribution is 2.32. The fraction of sp³-hybridized carbons (Fsp3) is 0.130. The molecule has 4 aromatic rings. The Morgan fingerprint density at radius 1 is 1.07 bits per heavy atom. The quantitative estimate of drug-likeness (QED) is 0.397. The van der Waals surface area contributed by atoms with Gasteiger partial charge in [0.05, 0.1) is 22.7 Å². The van der Waals surface area contributed by atoms with Gasteiger partial charge < -0.3 is 14.6 Å². The summed E-state index contributed by atoms with van der Waals surface area (Å²) < 4.78 is 7.29. The predicted octanol–water partition coefficient (Wildman–Crippen LogP) is 6.05. The van der Waals surface area contributed by atoms with Crippen LogP contribution in [-0.2, 0) is 11.3 Å². The van der Waals surface area contributed by atoms with E-state index in [0.717, 1.165) is 16.8 Å². The van der Waals surface area contributed by atoms with E-state index < -0.39 is 0 Å². The predicted molar refractivity (Wildman–Crippen MR) is 121 cm³/mol. The highest BCUT2D eigenvalue weighted by molar-refractivity contribution is 6.36. The van der Waals surface area contributed by atoms with E-state index in [1.54, 1.807) is 12.1 Å². The molecule has 30 heavy (non-hydrogen) atoms. The first-order valence-corrected chi connectivity index (χ1v) is 10.2. The summed E-state index contributed by atoms with van der Waals surface area (Å²) >= 11 is 12.5. The zero-order valence-corrected chi connectivity index (χ0v) is 17.7. The van der Waals surface area contributed by atoms with Crippen molar-refractivity contribution in [2.75, 3.05) is 11.9 Å². The molecule has 0 aliphatic carbocycles. The van der Waals surface area contributed by atoms with Gasteiger partial charge in [-0.15, -0.1) is 0 Å². The largest absolute Gasteiger partial charge is 0.494 e. The van der Waals surface area contributed by atoms with Gasteiger partial charge in [0.15, 0.2) is 0 Å². The molecule has 0 unspecified atom stereocenters. The third-order valence-corrected chi connectivity index (χ3v) is 5.13. The molecule has 1 heterocycles. The number of carbonyl (C=O) groups excluding carboxylic acids is 1. The summed E-state index contributed by atoms with van der Waals surface area (Å²) in [5, 5.41) is 3.94. The van der Waals surface area contributed by atoms with Crippen molar-refractivity contribution in [1.29, 1.82) is 0 Å². The number of hydrogen-bond acceptors (Lipinski definition) is 3. The topological polar surface area (TPSA) is 56.1 Å². The second-order valence-corrected chi connectivity index (χ2v) is 7.48. The number of para-hydroxylation sites is 2. The number of halogens is 2. The molecule has 5 nitrogen and oxygen atoms in total. The summed E-state index contributed by atoms with van der Waals surface area (Å²) in [5.41, 5.74) is 3.04. The van der Waals surface area contributed by atoms with Gasteiger partial charge in [-0.1, -0.05) is 35.3 Å². The van der Waals surface area contributed by atoms with Gasteiger partial charge in [0.1, 0.15) is 18.1 Å². The van der Waals surface area contributed by atoms with Crippen molar-refractivity contribution in [1.82, 2.24) is 9.55 Å². The van der Waals surface area contributed by atoms with Crippen molar-refractivity contribution in [3.63, 3.8) is 0 Å².